The van der Waals surface area contributed by atoms with E-state index in [1.807, 2.05) is 0 Å². The van der Waals surface area contributed by atoms with E-state index >= 15 is 0 Å². The fourth-order valence-electron chi connectivity index (χ4n) is 9.85. The molecule has 0 fully saturated rings. The van der Waals surface area contributed by atoms with E-state index in [1.165, 1.54) is 72.0 Å². The highest BCUT2D eigenvalue weighted by Gasteiger charge is 2.37. The fraction of sp³-hybridized carbons (Fsp3) is 0.0645. The smallest absolute Gasteiger partial charge is 0.0546 e. The molecule has 0 bridgehead atoms. The first-order valence-corrected chi connectivity index (χ1v) is 22.3. The van der Waals surface area contributed by atoms with E-state index < -0.39 is 0 Å². The Hall–Kier alpha value is -7.94. The van der Waals surface area contributed by atoms with Crippen LogP contribution < -0.4 is 9.80 Å². The third-order valence-electron chi connectivity index (χ3n) is 13.2. The van der Waals surface area contributed by atoms with Crippen LogP contribution in [0.15, 0.2) is 237 Å². The monoisotopic (exact) mass is 820 g/mol. The molecule has 0 aliphatic heterocycles. The molecule has 1 aliphatic rings. The lowest BCUT2D eigenvalue weighted by Crippen LogP contribution is -2.17. The molecule has 0 spiro atoms. The number of rotatable bonds is 9. The summed E-state index contributed by atoms with van der Waals surface area (Å²) in [6, 6.07) is 86.3. The van der Waals surface area contributed by atoms with Gasteiger partial charge in [-0.25, -0.2) is 0 Å². The van der Waals surface area contributed by atoms with E-state index in [4.69, 9.17) is 0 Å². The zero-order valence-electron chi connectivity index (χ0n) is 36.4. The lowest BCUT2D eigenvalue weighted by atomic mass is 9.82. The highest BCUT2D eigenvalue weighted by Crippen LogP contribution is 2.53. The van der Waals surface area contributed by atoms with Crippen molar-refractivity contribution < 1.29 is 0 Å². The molecule has 0 heterocycles. The molecule has 2 heteroatoms. The summed E-state index contributed by atoms with van der Waals surface area (Å²) in [5.41, 5.74) is 20.3. The van der Waals surface area contributed by atoms with Crippen LogP contribution >= 0.6 is 0 Å². The summed E-state index contributed by atoms with van der Waals surface area (Å²) in [6.07, 6.45) is 0. The Labute approximate surface area is 377 Å². The minimum atomic E-state index is -0.152. The summed E-state index contributed by atoms with van der Waals surface area (Å²) in [7, 11) is 0. The van der Waals surface area contributed by atoms with Crippen molar-refractivity contribution in [3.63, 3.8) is 0 Å². The highest BCUT2D eigenvalue weighted by molar-refractivity contribution is 5.99. The predicted molar refractivity (Wildman–Crippen MR) is 272 cm³/mol. The first-order chi connectivity index (χ1) is 31.4. The number of hydrogen-bond acceptors (Lipinski definition) is 2. The standard InChI is InChI=1S/C62H48N2/c1-43-16-15-25-58-61(43)56-39-38-55(42-59(56)62(58,2)3)64(60-41-50-24-14-13-23-49(50)40-57(60)48-21-11-6-12-22-48)54-36-34-53(35-37-54)63(51-30-26-46(27-31-51)44-17-7-4-8-18-44)52-32-28-47(29-33-52)45-19-9-5-10-20-45/h4-42H,1-3H3. The maximum absolute atomic E-state index is 2.47. The number of benzene rings is 10. The van der Waals surface area contributed by atoms with Crippen molar-refractivity contribution in [3.05, 3.63) is 253 Å². The van der Waals surface area contributed by atoms with Crippen LogP contribution in [0.25, 0.3) is 55.3 Å². The van der Waals surface area contributed by atoms with Crippen molar-refractivity contribution in [3.8, 4) is 44.5 Å². The van der Waals surface area contributed by atoms with Crippen LogP contribution in [-0.2, 0) is 5.41 Å². The van der Waals surface area contributed by atoms with Crippen LogP contribution in [0.2, 0.25) is 0 Å². The van der Waals surface area contributed by atoms with Gasteiger partial charge in [0.05, 0.1) is 5.69 Å². The topological polar surface area (TPSA) is 6.48 Å². The number of aryl methyl sites for hydroxylation is 1. The van der Waals surface area contributed by atoms with Crippen molar-refractivity contribution >= 4 is 44.9 Å². The third kappa shape index (κ3) is 6.94. The van der Waals surface area contributed by atoms with Crippen LogP contribution in [0.3, 0.4) is 0 Å². The lowest BCUT2D eigenvalue weighted by molar-refractivity contribution is 0.660. The molecule has 10 aromatic carbocycles. The Kier molecular flexibility index (Phi) is 9.78. The van der Waals surface area contributed by atoms with Gasteiger partial charge in [0.15, 0.2) is 0 Å². The van der Waals surface area contributed by atoms with Gasteiger partial charge in [-0.1, -0.05) is 178 Å². The van der Waals surface area contributed by atoms with Crippen molar-refractivity contribution in [2.75, 3.05) is 9.80 Å². The van der Waals surface area contributed by atoms with Gasteiger partial charge in [-0.2, -0.15) is 0 Å². The fourth-order valence-corrected chi connectivity index (χ4v) is 9.85. The minimum absolute atomic E-state index is 0.152. The molecule has 0 saturated carbocycles. The summed E-state index contributed by atoms with van der Waals surface area (Å²) in [5, 5.41) is 2.42. The van der Waals surface area contributed by atoms with E-state index in [2.05, 4.69) is 267 Å². The normalized spacial score (nSPS) is 12.4. The maximum atomic E-state index is 2.47. The molecule has 64 heavy (non-hydrogen) atoms. The van der Waals surface area contributed by atoms with Crippen LogP contribution in [0.1, 0.15) is 30.5 Å². The zero-order valence-corrected chi connectivity index (χ0v) is 36.4. The molecular weight excluding hydrogens is 773 g/mol. The van der Waals surface area contributed by atoms with Gasteiger partial charge in [-0.05, 0) is 146 Å². The quantitative estimate of drug-likeness (QED) is 0.143. The van der Waals surface area contributed by atoms with Gasteiger partial charge in [0.25, 0.3) is 0 Å². The van der Waals surface area contributed by atoms with E-state index in [0.717, 1.165) is 34.1 Å². The average Bonchev–Trinajstić information content (AvgIpc) is 3.59. The molecule has 0 amide bonds. The molecule has 2 nitrogen and oxygen atoms in total. The third-order valence-corrected chi connectivity index (χ3v) is 13.2. The molecule has 306 valence electrons. The molecule has 0 saturated heterocycles. The first-order valence-electron chi connectivity index (χ1n) is 22.3. The second kappa shape index (κ2) is 16.1. The van der Waals surface area contributed by atoms with Crippen LogP contribution in [0.4, 0.5) is 34.1 Å². The Morgan fingerprint density at radius 2 is 0.750 bits per heavy atom. The largest absolute Gasteiger partial charge is 0.311 e. The predicted octanol–water partition coefficient (Wildman–Crippen LogP) is 17.4. The summed E-state index contributed by atoms with van der Waals surface area (Å²) >= 11 is 0. The van der Waals surface area contributed by atoms with Crippen LogP contribution in [0, 0.1) is 6.92 Å². The molecule has 11 rings (SSSR count). The van der Waals surface area contributed by atoms with Gasteiger partial charge >= 0.3 is 0 Å². The Morgan fingerprint density at radius 1 is 0.312 bits per heavy atom. The van der Waals surface area contributed by atoms with Crippen molar-refractivity contribution in [1.29, 1.82) is 0 Å². The number of anilines is 6. The van der Waals surface area contributed by atoms with Gasteiger partial charge in [-0.15, -0.1) is 0 Å². The van der Waals surface area contributed by atoms with Crippen LogP contribution in [0.5, 0.6) is 0 Å². The number of nitrogens with zero attached hydrogens (tertiary/aromatic N) is 2. The second-order valence-electron chi connectivity index (χ2n) is 17.4. The summed E-state index contributed by atoms with van der Waals surface area (Å²) in [6.45, 7) is 6.99. The maximum Gasteiger partial charge on any atom is 0.0546 e. The highest BCUT2D eigenvalue weighted by atomic mass is 15.2. The molecule has 0 aromatic heterocycles. The zero-order chi connectivity index (χ0) is 43.2. The van der Waals surface area contributed by atoms with Gasteiger partial charge in [0.1, 0.15) is 0 Å². The Bertz CT molecular complexity index is 3180. The van der Waals surface area contributed by atoms with E-state index in [-0.39, 0.29) is 5.41 Å². The molecule has 1 aliphatic carbocycles. The molecule has 0 atom stereocenters. The van der Waals surface area contributed by atoms with Gasteiger partial charge in [-0.3, -0.25) is 0 Å². The van der Waals surface area contributed by atoms with Crippen molar-refractivity contribution in [1.82, 2.24) is 0 Å². The van der Waals surface area contributed by atoms with Crippen molar-refractivity contribution in [2.24, 2.45) is 0 Å². The van der Waals surface area contributed by atoms with E-state index in [1.54, 1.807) is 0 Å². The Morgan fingerprint density at radius 3 is 1.30 bits per heavy atom. The SMILES string of the molecule is Cc1cccc2c1-c1ccc(N(c3ccc(N(c4ccc(-c5ccccc5)cc4)c4ccc(-c5ccccc5)cc4)cc3)c3cc4ccccc4cc3-c3ccccc3)cc1C2(C)C. The number of fused-ring (bicyclic) bond motifs is 4. The Balaban J connectivity index is 1.07. The van der Waals surface area contributed by atoms with E-state index in [9.17, 15) is 0 Å². The van der Waals surface area contributed by atoms with Gasteiger partial charge < -0.3 is 9.80 Å². The van der Waals surface area contributed by atoms with Crippen LogP contribution in [-0.4, -0.2) is 0 Å². The second-order valence-corrected chi connectivity index (χ2v) is 17.4. The average molecular weight is 821 g/mol. The first kappa shape index (κ1) is 38.9. The molecule has 0 unspecified atom stereocenters. The summed E-state index contributed by atoms with van der Waals surface area (Å²) in [4.78, 5) is 4.83. The summed E-state index contributed by atoms with van der Waals surface area (Å²) in [5.74, 6) is 0. The molecular formula is C62H48N2. The molecule has 10 aromatic rings. The van der Waals surface area contributed by atoms with E-state index in [0.29, 0.717) is 0 Å². The molecule has 0 radical (unpaired) electrons. The summed E-state index contributed by atoms with van der Waals surface area (Å²) < 4.78 is 0. The lowest BCUT2D eigenvalue weighted by Gasteiger charge is -2.31. The van der Waals surface area contributed by atoms with Crippen molar-refractivity contribution in [2.45, 2.75) is 26.2 Å². The minimum Gasteiger partial charge on any atom is -0.311 e. The molecule has 0 N–H and O–H groups in total. The number of hydrogen-bond donors (Lipinski definition) is 0. The van der Waals surface area contributed by atoms with Gasteiger partial charge in [0.2, 0.25) is 0 Å². The van der Waals surface area contributed by atoms with Gasteiger partial charge in [0, 0.05) is 39.4 Å².